The molecule has 1 saturated heterocycles. The Morgan fingerprint density at radius 1 is 1.21 bits per heavy atom. The van der Waals surface area contributed by atoms with Gasteiger partial charge in [0.2, 0.25) is 5.91 Å². The van der Waals surface area contributed by atoms with Gasteiger partial charge in [-0.2, -0.15) is 0 Å². The molecule has 1 atom stereocenters. The van der Waals surface area contributed by atoms with Crippen LogP contribution >= 0.6 is 24.0 Å². The van der Waals surface area contributed by atoms with Crippen LogP contribution in [0.15, 0.2) is 29.3 Å². The molecule has 1 amide bonds. The summed E-state index contributed by atoms with van der Waals surface area (Å²) in [6.07, 6.45) is 2.62. The number of hydrogen-bond acceptors (Lipinski definition) is 3. The zero-order valence-electron chi connectivity index (χ0n) is 18.5. The SMILES string of the molecule is CN=C(NCC(=O)NC(C)(C)C)NCc1ccccc1CN1CCCC(C)C1.I. The van der Waals surface area contributed by atoms with E-state index in [0.717, 1.165) is 12.5 Å². The van der Waals surface area contributed by atoms with E-state index in [4.69, 9.17) is 0 Å². The number of piperidine rings is 1. The lowest BCUT2D eigenvalue weighted by molar-refractivity contribution is -0.121. The Kier molecular flexibility index (Phi) is 11.0. The molecule has 0 saturated carbocycles. The second kappa shape index (κ2) is 12.4. The fourth-order valence-electron chi connectivity index (χ4n) is 3.58. The van der Waals surface area contributed by atoms with E-state index in [9.17, 15) is 4.79 Å². The molecule has 1 aliphatic rings. The van der Waals surface area contributed by atoms with Crippen molar-refractivity contribution in [3.8, 4) is 0 Å². The lowest BCUT2D eigenvalue weighted by atomic mass is 9.99. The normalized spacial score (nSPS) is 18.0. The lowest BCUT2D eigenvalue weighted by Gasteiger charge is -2.31. The average molecular weight is 515 g/mol. The first-order valence-corrected chi connectivity index (χ1v) is 10.3. The Balaban J connectivity index is 0.00000420. The van der Waals surface area contributed by atoms with E-state index >= 15 is 0 Å². The third kappa shape index (κ3) is 9.80. The number of amides is 1. The Labute approximate surface area is 193 Å². The largest absolute Gasteiger partial charge is 0.352 e. The summed E-state index contributed by atoms with van der Waals surface area (Å²) in [5.74, 6) is 1.36. The molecule has 1 unspecified atom stereocenters. The number of guanidine groups is 1. The lowest BCUT2D eigenvalue weighted by Crippen LogP contribution is -2.48. The molecule has 1 heterocycles. The predicted molar refractivity (Wildman–Crippen MR) is 132 cm³/mol. The molecule has 1 fully saturated rings. The number of nitrogens with one attached hydrogen (secondary N) is 3. The van der Waals surface area contributed by atoms with Crippen molar-refractivity contribution in [2.45, 2.75) is 59.2 Å². The summed E-state index contributed by atoms with van der Waals surface area (Å²) >= 11 is 0. The molecule has 0 radical (unpaired) electrons. The highest BCUT2D eigenvalue weighted by molar-refractivity contribution is 14.0. The highest BCUT2D eigenvalue weighted by atomic mass is 127. The smallest absolute Gasteiger partial charge is 0.239 e. The summed E-state index contributed by atoms with van der Waals surface area (Å²) in [4.78, 5) is 18.8. The van der Waals surface area contributed by atoms with Crippen LogP contribution in [0.25, 0.3) is 0 Å². The van der Waals surface area contributed by atoms with Gasteiger partial charge in [0.05, 0.1) is 6.54 Å². The van der Waals surface area contributed by atoms with Gasteiger partial charge in [0.1, 0.15) is 0 Å². The molecule has 2 rings (SSSR count). The van der Waals surface area contributed by atoms with Crippen molar-refractivity contribution < 1.29 is 4.79 Å². The van der Waals surface area contributed by atoms with Gasteiger partial charge < -0.3 is 16.0 Å². The van der Waals surface area contributed by atoms with Crippen molar-refractivity contribution in [1.29, 1.82) is 0 Å². The van der Waals surface area contributed by atoms with Crippen molar-refractivity contribution in [2.75, 3.05) is 26.7 Å². The van der Waals surface area contributed by atoms with Crippen LogP contribution in [0.4, 0.5) is 0 Å². The van der Waals surface area contributed by atoms with Crippen LogP contribution in [0.1, 0.15) is 51.7 Å². The summed E-state index contributed by atoms with van der Waals surface area (Å²) < 4.78 is 0. The summed E-state index contributed by atoms with van der Waals surface area (Å²) in [7, 11) is 1.72. The number of nitrogens with zero attached hydrogens (tertiary/aromatic N) is 2. The maximum Gasteiger partial charge on any atom is 0.239 e. The first-order chi connectivity index (χ1) is 13.3. The Morgan fingerprint density at radius 2 is 1.90 bits per heavy atom. The van der Waals surface area contributed by atoms with Gasteiger partial charge in [-0.1, -0.05) is 31.2 Å². The second-order valence-corrected chi connectivity index (χ2v) is 8.83. The number of halogens is 1. The minimum atomic E-state index is -0.236. The van der Waals surface area contributed by atoms with Crippen molar-refractivity contribution in [3.05, 3.63) is 35.4 Å². The van der Waals surface area contributed by atoms with E-state index in [-0.39, 0.29) is 42.0 Å². The quantitative estimate of drug-likeness (QED) is 0.310. The Bertz CT molecular complexity index is 671. The zero-order chi connectivity index (χ0) is 20.6. The Hall–Kier alpha value is -1.35. The number of likely N-dealkylation sites (tertiary alicyclic amines) is 1. The molecule has 0 bridgehead atoms. The number of carbonyl (C=O) groups is 1. The van der Waals surface area contributed by atoms with E-state index in [0.29, 0.717) is 12.5 Å². The molecule has 164 valence electrons. The monoisotopic (exact) mass is 515 g/mol. The average Bonchev–Trinajstić information content (AvgIpc) is 2.61. The van der Waals surface area contributed by atoms with Crippen LogP contribution in [0.3, 0.4) is 0 Å². The third-order valence-corrected chi connectivity index (χ3v) is 4.85. The molecular formula is C22H38IN5O. The Morgan fingerprint density at radius 3 is 2.52 bits per heavy atom. The van der Waals surface area contributed by atoms with Gasteiger partial charge in [-0.15, -0.1) is 24.0 Å². The minimum absolute atomic E-state index is 0. The maximum atomic E-state index is 12.0. The maximum absolute atomic E-state index is 12.0. The molecule has 0 spiro atoms. The topological polar surface area (TPSA) is 68.8 Å². The molecule has 1 aliphatic heterocycles. The molecule has 0 aliphatic carbocycles. The zero-order valence-corrected chi connectivity index (χ0v) is 20.9. The summed E-state index contributed by atoms with van der Waals surface area (Å²) in [5, 5.41) is 9.36. The van der Waals surface area contributed by atoms with E-state index in [1.807, 2.05) is 20.8 Å². The fourth-order valence-corrected chi connectivity index (χ4v) is 3.58. The summed E-state index contributed by atoms with van der Waals surface area (Å²) in [5.41, 5.74) is 2.38. The first-order valence-electron chi connectivity index (χ1n) is 10.3. The van der Waals surface area contributed by atoms with Gasteiger partial charge in [0, 0.05) is 32.2 Å². The second-order valence-electron chi connectivity index (χ2n) is 8.83. The van der Waals surface area contributed by atoms with E-state index < -0.39 is 0 Å². The van der Waals surface area contributed by atoms with E-state index in [1.165, 1.54) is 37.1 Å². The highest BCUT2D eigenvalue weighted by Gasteiger charge is 2.17. The number of aliphatic imine (C=N–C) groups is 1. The molecule has 0 aromatic heterocycles. The van der Waals surface area contributed by atoms with Gasteiger partial charge in [-0.05, 0) is 57.2 Å². The van der Waals surface area contributed by atoms with Gasteiger partial charge in [0.25, 0.3) is 0 Å². The van der Waals surface area contributed by atoms with Crippen LogP contribution in [-0.4, -0.2) is 49.0 Å². The predicted octanol–water partition coefficient (Wildman–Crippen LogP) is 3.12. The van der Waals surface area contributed by atoms with Crippen molar-refractivity contribution in [1.82, 2.24) is 20.9 Å². The molecule has 29 heavy (non-hydrogen) atoms. The van der Waals surface area contributed by atoms with Gasteiger partial charge in [-0.25, -0.2) is 0 Å². The highest BCUT2D eigenvalue weighted by Crippen LogP contribution is 2.19. The number of rotatable bonds is 6. The van der Waals surface area contributed by atoms with Crippen molar-refractivity contribution in [3.63, 3.8) is 0 Å². The van der Waals surface area contributed by atoms with Gasteiger partial charge in [0.15, 0.2) is 5.96 Å². The van der Waals surface area contributed by atoms with Gasteiger partial charge in [-0.3, -0.25) is 14.7 Å². The van der Waals surface area contributed by atoms with Crippen LogP contribution in [-0.2, 0) is 17.9 Å². The molecule has 1 aromatic rings. The van der Waals surface area contributed by atoms with E-state index in [2.05, 4.69) is 57.0 Å². The minimum Gasteiger partial charge on any atom is -0.352 e. The van der Waals surface area contributed by atoms with Crippen molar-refractivity contribution in [2.24, 2.45) is 10.9 Å². The molecule has 1 aromatic carbocycles. The summed E-state index contributed by atoms with van der Waals surface area (Å²) in [6, 6.07) is 8.56. The van der Waals surface area contributed by atoms with Crippen LogP contribution in [0, 0.1) is 5.92 Å². The van der Waals surface area contributed by atoms with E-state index in [1.54, 1.807) is 7.05 Å². The standard InChI is InChI=1S/C22H37N5O.HI/c1-17-9-8-12-27(15-17)16-19-11-7-6-10-18(19)13-24-21(23-5)25-14-20(28)26-22(2,3)4;/h6-7,10-11,17H,8-9,12-16H2,1-5H3,(H,26,28)(H2,23,24,25);1H. The number of hydrogen-bond donors (Lipinski definition) is 3. The third-order valence-electron chi connectivity index (χ3n) is 4.85. The van der Waals surface area contributed by atoms with Crippen LogP contribution in [0.5, 0.6) is 0 Å². The fraction of sp³-hybridized carbons (Fsp3) is 0.636. The van der Waals surface area contributed by atoms with Crippen LogP contribution in [0.2, 0.25) is 0 Å². The molecule has 7 heteroatoms. The first kappa shape index (κ1) is 25.7. The van der Waals surface area contributed by atoms with Gasteiger partial charge >= 0.3 is 0 Å². The number of carbonyl (C=O) groups excluding carboxylic acids is 1. The molecule has 6 nitrogen and oxygen atoms in total. The molecule has 3 N–H and O–H groups in total. The summed E-state index contributed by atoms with van der Waals surface area (Å²) in [6.45, 7) is 12.5. The van der Waals surface area contributed by atoms with Crippen LogP contribution < -0.4 is 16.0 Å². The van der Waals surface area contributed by atoms with Crippen molar-refractivity contribution >= 4 is 35.8 Å². The molecular weight excluding hydrogens is 477 g/mol. The number of benzene rings is 1.